The summed E-state index contributed by atoms with van der Waals surface area (Å²) in [5.74, 6) is -0.232. The Morgan fingerprint density at radius 3 is 2.41 bits per heavy atom. The molecule has 1 aromatic carbocycles. The van der Waals surface area contributed by atoms with Crippen LogP contribution < -0.4 is 5.43 Å². The van der Waals surface area contributed by atoms with Crippen LogP contribution in [0.25, 0.3) is 5.69 Å². The number of carbonyl (C=O) groups is 1. The Balaban J connectivity index is 1.65. The van der Waals surface area contributed by atoms with Crippen LogP contribution in [0.5, 0.6) is 0 Å². The maximum atomic E-state index is 12.0. The van der Waals surface area contributed by atoms with Crippen LogP contribution in [0.1, 0.15) is 16.1 Å². The number of hydrazone groups is 1. The summed E-state index contributed by atoms with van der Waals surface area (Å²) in [4.78, 5) is 12.0. The third kappa shape index (κ3) is 2.98. The Hall–Kier alpha value is -3.08. The van der Waals surface area contributed by atoms with Crippen molar-refractivity contribution >= 4 is 12.1 Å². The Labute approximate surface area is 128 Å². The van der Waals surface area contributed by atoms with Crippen LogP contribution in [0, 0.1) is 0 Å². The number of nitrogens with zero attached hydrogens (tertiary/aromatic N) is 3. The van der Waals surface area contributed by atoms with Gasteiger partial charge in [-0.2, -0.15) is 5.10 Å². The second kappa shape index (κ2) is 6.13. The van der Waals surface area contributed by atoms with E-state index in [2.05, 4.69) is 10.5 Å². The van der Waals surface area contributed by atoms with Gasteiger partial charge in [0.25, 0.3) is 5.91 Å². The zero-order valence-corrected chi connectivity index (χ0v) is 12.2. The lowest BCUT2D eigenvalue weighted by Gasteiger charge is -2.04. The van der Waals surface area contributed by atoms with E-state index in [-0.39, 0.29) is 5.91 Å². The summed E-state index contributed by atoms with van der Waals surface area (Å²) in [6, 6.07) is 15.1. The quantitative estimate of drug-likeness (QED) is 0.583. The van der Waals surface area contributed by atoms with Crippen molar-refractivity contribution in [2.24, 2.45) is 12.1 Å². The van der Waals surface area contributed by atoms with Crippen molar-refractivity contribution in [3.05, 3.63) is 78.4 Å². The van der Waals surface area contributed by atoms with Crippen LogP contribution in [0.3, 0.4) is 0 Å². The van der Waals surface area contributed by atoms with Gasteiger partial charge >= 0.3 is 0 Å². The van der Waals surface area contributed by atoms with Crippen LogP contribution in [-0.4, -0.2) is 21.3 Å². The molecule has 0 unspecified atom stereocenters. The van der Waals surface area contributed by atoms with E-state index in [4.69, 9.17) is 0 Å². The fourth-order valence-electron chi connectivity index (χ4n) is 2.12. The summed E-state index contributed by atoms with van der Waals surface area (Å²) in [6.45, 7) is 0. The molecule has 0 aliphatic heterocycles. The second-order valence-corrected chi connectivity index (χ2v) is 4.88. The van der Waals surface area contributed by atoms with Crippen molar-refractivity contribution in [3.63, 3.8) is 0 Å². The van der Waals surface area contributed by atoms with Crippen LogP contribution >= 0.6 is 0 Å². The maximum absolute atomic E-state index is 12.0. The van der Waals surface area contributed by atoms with Gasteiger partial charge in [0.1, 0.15) is 0 Å². The molecule has 110 valence electrons. The van der Waals surface area contributed by atoms with Gasteiger partial charge < -0.3 is 9.13 Å². The van der Waals surface area contributed by atoms with Gasteiger partial charge in [-0.1, -0.05) is 0 Å². The van der Waals surface area contributed by atoms with Crippen LogP contribution in [-0.2, 0) is 7.05 Å². The number of nitrogens with one attached hydrogen (secondary N) is 1. The van der Waals surface area contributed by atoms with E-state index in [1.807, 2.05) is 71.2 Å². The van der Waals surface area contributed by atoms with Crippen molar-refractivity contribution < 1.29 is 4.79 Å². The summed E-state index contributed by atoms with van der Waals surface area (Å²) in [6.07, 6.45) is 7.45. The van der Waals surface area contributed by atoms with Gasteiger partial charge in [-0.05, 0) is 48.5 Å². The Morgan fingerprint density at radius 2 is 1.77 bits per heavy atom. The Kier molecular flexibility index (Phi) is 3.87. The van der Waals surface area contributed by atoms with Crippen LogP contribution in [0.4, 0.5) is 0 Å². The molecule has 0 fully saturated rings. The highest BCUT2D eigenvalue weighted by Gasteiger charge is 2.04. The van der Waals surface area contributed by atoms with Gasteiger partial charge in [0.15, 0.2) is 0 Å². The molecule has 1 amide bonds. The van der Waals surface area contributed by atoms with E-state index in [1.165, 1.54) is 0 Å². The zero-order chi connectivity index (χ0) is 15.4. The normalized spacial score (nSPS) is 11.0. The predicted octanol–water partition coefficient (Wildman–Crippen LogP) is 2.58. The highest BCUT2D eigenvalue weighted by atomic mass is 16.2. The fraction of sp³-hybridized carbons (Fsp3) is 0.0588. The standard InChI is InChI=1S/C17H16N4O/c1-20-10-4-5-16(20)13-18-19-17(22)14-6-8-15(9-7-14)21-11-2-3-12-21/h2-13H,1H3,(H,19,22). The first-order valence-electron chi connectivity index (χ1n) is 6.92. The SMILES string of the molecule is Cn1cccc1C=NNC(=O)c1ccc(-n2cccc2)cc1. The molecular formula is C17H16N4O. The monoisotopic (exact) mass is 292 g/mol. The summed E-state index contributed by atoms with van der Waals surface area (Å²) < 4.78 is 3.90. The van der Waals surface area contributed by atoms with Gasteiger partial charge in [-0.3, -0.25) is 4.79 Å². The molecule has 0 atom stereocenters. The molecular weight excluding hydrogens is 276 g/mol. The summed E-state index contributed by atoms with van der Waals surface area (Å²) in [7, 11) is 1.92. The fourth-order valence-corrected chi connectivity index (χ4v) is 2.12. The Morgan fingerprint density at radius 1 is 1.05 bits per heavy atom. The first kappa shape index (κ1) is 13.9. The third-order valence-electron chi connectivity index (χ3n) is 3.38. The molecule has 5 heteroatoms. The number of aromatic nitrogens is 2. The zero-order valence-electron chi connectivity index (χ0n) is 12.2. The molecule has 2 aromatic heterocycles. The topological polar surface area (TPSA) is 51.3 Å². The molecule has 2 heterocycles. The van der Waals surface area contributed by atoms with Crippen LogP contribution in [0.15, 0.2) is 72.2 Å². The average Bonchev–Trinajstić information content (AvgIpc) is 3.20. The molecule has 1 N–H and O–H groups in total. The molecule has 0 aliphatic carbocycles. The third-order valence-corrected chi connectivity index (χ3v) is 3.38. The molecule has 0 radical (unpaired) electrons. The Bertz CT molecular complexity index is 782. The molecule has 0 aliphatic rings. The highest BCUT2D eigenvalue weighted by molar-refractivity contribution is 5.94. The van der Waals surface area contributed by atoms with Crippen molar-refractivity contribution in [3.8, 4) is 5.69 Å². The number of amides is 1. The van der Waals surface area contributed by atoms with Crippen molar-refractivity contribution in [1.82, 2.24) is 14.6 Å². The van der Waals surface area contributed by atoms with Gasteiger partial charge in [0.05, 0.1) is 11.9 Å². The number of benzene rings is 1. The number of hydrogen-bond acceptors (Lipinski definition) is 2. The van der Waals surface area contributed by atoms with Crippen molar-refractivity contribution in [1.29, 1.82) is 0 Å². The number of aryl methyl sites for hydroxylation is 1. The van der Waals surface area contributed by atoms with E-state index in [9.17, 15) is 4.79 Å². The summed E-state index contributed by atoms with van der Waals surface area (Å²) in [5.41, 5.74) is 5.03. The van der Waals surface area contributed by atoms with Crippen LogP contribution in [0.2, 0.25) is 0 Å². The average molecular weight is 292 g/mol. The van der Waals surface area contributed by atoms with E-state index in [0.717, 1.165) is 11.4 Å². The summed E-state index contributed by atoms with van der Waals surface area (Å²) in [5, 5.41) is 3.97. The highest BCUT2D eigenvalue weighted by Crippen LogP contribution is 2.10. The molecule has 3 aromatic rings. The predicted molar refractivity (Wildman–Crippen MR) is 86.2 cm³/mol. The molecule has 3 rings (SSSR count). The molecule has 5 nitrogen and oxygen atoms in total. The number of carbonyl (C=O) groups excluding carboxylic acids is 1. The lowest BCUT2D eigenvalue weighted by atomic mass is 10.2. The molecule has 0 bridgehead atoms. The molecule has 22 heavy (non-hydrogen) atoms. The lowest BCUT2D eigenvalue weighted by molar-refractivity contribution is 0.0955. The van der Waals surface area contributed by atoms with Gasteiger partial charge in [0.2, 0.25) is 0 Å². The van der Waals surface area contributed by atoms with Crippen molar-refractivity contribution in [2.75, 3.05) is 0 Å². The maximum Gasteiger partial charge on any atom is 0.271 e. The minimum atomic E-state index is -0.232. The summed E-state index contributed by atoms with van der Waals surface area (Å²) >= 11 is 0. The van der Waals surface area contributed by atoms with Crippen molar-refractivity contribution in [2.45, 2.75) is 0 Å². The first-order chi connectivity index (χ1) is 10.7. The minimum absolute atomic E-state index is 0.232. The van der Waals surface area contributed by atoms with Gasteiger partial charge in [0, 0.05) is 36.9 Å². The first-order valence-corrected chi connectivity index (χ1v) is 6.92. The van der Waals surface area contributed by atoms with Gasteiger partial charge in [-0.15, -0.1) is 0 Å². The van der Waals surface area contributed by atoms with E-state index in [1.54, 1.807) is 18.3 Å². The second-order valence-electron chi connectivity index (χ2n) is 4.88. The molecule has 0 spiro atoms. The van der Waals surface area contributed by atoms with Gasteiger partial charge in [-0.25, -0.2) is 5.43 Å². The molecule has 0 saturated carbocycles. The largest absolute Gasteiger partial charge is 0.350 e. The smallest absolute Gasteiger partial charge is 0.271 e. The van der Waals surface area contributed by atoms with E-state index < -0.39 is 0 Å². The minimum Gasteiger partial charge on any atom is -0.350 e. The lowest BCUT2D eigenvalue weighted by Crippen LogP contribution is -2.17. The number of hydrogen-bond donors (Lipinski definition) is 1. The molecule has 0 saturated heterocycles. The van der Waals surface area contributed by atoms with E-state index in [0.29, 0.717) is 5.56 Å². The van der Waals surface area contributed by atoms with E-state index >= 15 is 0 Å². The number of rotatable bonds is 4.